The summed E-state index contributed by atoms with van der Waals surface area (Å²) < 4.78 is 4.78. The Kier molecular flexibility index (Phi) is 5.10. The minimum atomic E-state index is 0.268. The number of nitrogens with zero attached hydrogens (tertiary/aromatic N) is 2. The second kappa shape index (κ2) is 5.67. The molecule has 0 aliphatic rings. The lowest BCUT2D eigenvalue weighted by atomic mass is 10.3. The van der Waals surface area contributed by atoms with E-state index in [4.69, 9.17) is 9.94 Å². The molecule has 0 aliphatic heterocycles. The molecule has 0 atom stereocenters. The molecule has 0 rings (SSSR count). The zero-order valence-electron chi connectivity index (χ0n) is 6.87. The van der Waals surface area contributed by atoms with Crippen molar-refractivity contribution in [2.75, 3.05) is 20.8 Å². The van der Waals surface area contributed by atoms with Gasteiger partial charge < -0.3 is 14.8 Å². The summed E-state index contributed by atoms with van der Waals surface area (Å²) in [4.78, 5) is 4.50. The maximum atomic E-state index is 8.35. The Morgan fingerprint density at radius 2 is 2.09 bits per heavy atom. The van der Waals surface area contributed by atoms with E-state index >= 15 is 0 Å². The van der Waals surface area contributed by atoms with Crippen LogP contribution < -0.4 is 0 Å². The molecule has 0 aliphatic carbocycles. The zero-order valence-corrected chi connectivity index (χ0v) is 6.87. The van der Waals surface area contributed by atoms with Crippen LogP contribution in [0, 0.1) is 0 Å². The number of ether oxygens (including phenoxy) is 1. The van der Waals surface area contributed by atoms with Crippen molar-refractivity contribution in [1.82, 2.24) is 0 Å². The first-order chi connectivity index (χ1) is 5.26. The smallest absolute Gasteiger partial charge is 0.130 e. The molecule has 0 unspecified atom stereocenters. The highest BCUT2D eigenvalue weighted by Gasteiger charge is 2.03. The summed E-state index contributed by atoms with van der Waals surface area (Å²) in [6, 6.07) is 0. The molecule has 0 radical (unpaired) electrons. The molecule has 1 N–H and O–H groups in total. The normalized spacial score (nSPS) is 13.4. The maximum Gasteiger partial charge on any atom is 0.130 e. The second-order valence-electron chi connectivity index (χ2n) is 1.84. The summed E-state index contributed by atoms with van der Waals surface area (Å²) in [5, 5.41) is 14.9. The first kappa shape index (κ1) is 9.90. The zero-order chi connectivity index (χ0) is 8.69. The van der Waals surface area contributed by atoms with Gasteiger partial charge in [0.05, 0.1) is 6.61 Å². The number of hydrogen-bond donors (Lipinski definition) is 1. The van der Waals surface area contributed by atoms with Gasteiger partial charge in [-0.3, -0.25) is 0 Å². The van der Waals surface area contributed by atoms with E-state index in [1.807, 2.05) is 0 Å². The van der Waals surface area contributed by atoms with Gasteiger partial charge >= 0.3 is 0 Å². The van der Waals surface area contributed by atoms with E-state index in [1.165, 1.54) is 14.2 Å². The molecule has 0 aromatic rings. The van der Waals surface area contributed by atoms with Crippen LogP contribution in [0.5, 0.6) is 0 Å². The Balaban J connectivity index is 4.22. The summed E-state index contributed by atoms with van der Waals surface area (Å²) in [6.07, 6.45) is 0. The molecule has 5 heteroatoms. The van der Waals surface area contributed by atoms with E-state index in [0.717, 1.165) is 0 Å². The Morgan fingerprint density at radius 3 is 2.45 bits per heavy atom. The van der Waals surface area contributed by atoms with Crippen LogP contribution in [0.15, 0.2) is 10.3 Å². The van der Waals surface area contributed by atoms with Crippen LogP contribution in [0.25, 0.3) is 0 Å². The van der Waals surface area contributed by atoms with Crippen LogP contribution in [0.2, 0.25) is 0 Å². The number of rotatable bonds is 4. The monoisotopic (exact) mass is 160 g/mol. The number of methoxy groups -OCH3 is 1. The third-order valence-corrected chi connectivity index (χ3v) is 1.05. The van der Waals surface area contributed by atoms with Crippen LogP contribution in [0.1, 0.15) is 6.92 Å². The standard InChI is InChI=1S/C6H12N2O3/c1-5(7-9)6(4-10-2)8-11-3/h9H,4H2,1-3H3/b7-5+,8-6+. The van der Waals surface area contributed by atoms with Crippen LogP contribution in [0.3, 0.4) is 0 Å². The third-order valence-electron chi connectivity index (χ3n) is 1.05. The van der Waals surface area contributed by atoms with Gasteiger partial charge in [0.1, 0.15) is 18.5 Å². The lowest BCUT2D eigenvalue weighted by molar-refractivity contribution is 0.202. The van der Waals surface area contributed by atoms with Crippen LogP contribution in [-0.4, -0.2) is 37.5 Å². The van der Waals surface area contributed by atoms with Gasteiger partial charge in [0, 0.05) is 7.11 Å². The van der Waals surface area contributed by atoms with Crippen molar-refractivity contribution in [3.63, 3.8) is 0 Å². The molecule has 0 amide bonds. The minimum absolute atomic E-state index is 0.268. The Hall–Kier alpha value is -1.10. The van der Waals surface area contributed by atoms with Gasteiger partial charge in [-0.05, 0) is 6.92 Å². The van der Waals surface area contributed by atoms with E-state index in [-0.39, 0.29) is 6.61 Å². The lowest BCUT2D eigenvalue weighted by Crippen LogP contribution is -2.17. The van der Waals surface area contributed by atoms with E-state index in [9.17, 15) is 0 Å². The fraction of sp³-hybridized carbons (Fsp3) is 0.667. The molecule has 0 heterocycles. The fourth-order valence-electron chi connectivity index (χ4n) is 0.501. The molecule has 0 aromatic carbocycles. The first-order valence-corrected chi connectivity index (χ1v) is 3.04. The average molecular weight is 160 g/mol. The predicted molar refractivity (Wildman–Crippen MR) is 41.2 cm³/mol. The van der Waals surface area contributed by atoms with Gasteiger partial charge in [-0.15, -0.1) is 0 Å². The summed E-state index contributed by atoms with van der Waals surface area (Å²) in [5.41, 5.74) is 0.853. The van der Waals surface area contributed by atoms with Gasteiger partial charge in [0.25, 0.3) is 0 Å². The molecule has 0 spiro atoms. The molecular formula is C6H12N2O3. The van der Waals surface area contributed by atoms with Crippen LogP contribution in [0.4, 0.5) is 0 Å². The van der Waals surface area contributed by atoms with Gasteiger partial charge in [-0.2, -0.15) is 0 Å². The molecule has 0 saturated heterocycles. The SMILES string of the molecule is COCC(=N\OC)/C(C)=N/O. The molecule has 0 fully saturated rings. The fourth-order valence-corrected chi connectivity index (χ4v) is 0.501. The molecule has 64 valence electrons. The molecule has 0 saturated carbocycles. The summed E-state index contributed by atoms with van der Waals surface area (Å²) in [7, 11) is 2.94. The average Bonchev–Trinajstić information content (AvgIpc) is 2.03. The van der Waals surface area contributed by atoms with Crippen molar-refractivity contribution in [2.45, 2.75) is 6.92 Å². The van der Waals surface area contributed by atoms with E-state index in [1.54, 1.807) is 6.92 Å². The van der Waals surface area contributed by atoms with Gasteiger partial charge in [0.2, 0.25) is 0 Å². The summed E-state index contributed by atoms with van der Waals surface area (Å²) in [6.45, 7) is 1.88. The van der Waals surface area contributed by atoms with Crippen molar-refractivity contribution >= 4 is 11.4 Å². The van der Waals surface area contributed by atoms with Gasteiger partial charge in [-0.25, -0.2) is 0 Å². The van der Waals surface area contributed by atoms with E-state index in [0.29, 0.717) is 11.4 Å². The largest absolute Gasteiger partial charge is 0.411 e. The molecular weight excluding hydrogens is 148 g/mol. The maximum absolute atomic E-state index is 8.35. The first-order valence-electron chi connectivity index (χ1n) is 3.04. The predicted octanol–water partition coefficient (Wildman–Crippen LogP) is 0.485. The van der Waals surface area contributed by atoms with E-state index in [2.05, 4.69) is 15.1 Å². The Morgan fingerprint density at radius 1 is 1.45 bits per heavy atom. The van der Waals surface area contributed by atoms with Crippen molar-refractivity contribution < 1.29 is 14.8 Å². The highest BCUT2D eigenvalue weighted by molar-refractivity contribution is 6.41. The number of oxime groups is 2. The quantitative estimate of drug-likeness (QED) is 0.369. The van der Waals surface area contributed by atoms with Crippen molar-refractivity contribution in [1.29, 1.82) is 0 Å². The van der Waals surface area contributed by atoms with Gasteiger partial charge in [-0.1, -0.05) is 10.3 Å². The molecule has 0 bridgehead atoms. The molecule has 11 heavy (non-hydrogen) atoms. The highest BCUT2D eigenvalue weighted by Crippen LogP contribution is 1.86. The van der Waals surface area contributed by atoms with E-state index < -0.39 is 0 Å². The number of hydrogen-bond acceptors (Lipinski definition) is 5. The summed E-state index contributed by atoms with van der Waals surface area (Å²) >= 11 is 0. The second-order valence-corrected chi connectivity index (χ2v) is 1.84. The molecule has 0 aromatic heterocycles. The Bertz CT molecular complexity index is 165. The third kappa shape index (κ3) is 3.57. The minimum Gasteiger partial charge on any atom is -0.411 e. The van der Waals surface area contributed by atoms with Crippen molar-refractivity contribution in [2.24, 2.45) is 10.3 Å². The van der Waals surface area contributed by atoms with Gasteiger partial charge in [0.15, 0.2) is 0 Å². The van der Waals surface area contributed by atoms with Crippen molar-refractivity contribution in [3.05, 3.63) is 0 Å². The topological polar surface area (TPSA) is 63.4 Å². The Labute approximate surface area is 65.3 Å². The summed E-state index contributed by atoms with van der Waals surface area (Å²) in [5.74, 6) is 0. The molecule has 5 nitrogen and oxygen atoms in total. The van der Waals surface area contributed by atoms with Crippen molar-refractivity contribution in [3.8, 4) is 0 Å². The highest BCUT2D eigenvalue weighted by atomic mass is 16.6. The lowest BCUT2D eigenvalue weighted by Gasteiger charge is -2.00. The van der Waals surface area contributed by atoms with Crippen LogP contribution >= 0.6 is 0 Å². The van der Waals surface area contributed by atoms with Crippen LogP contribution in [-0.2, 0) is 9.57 Å².